The minimum Gasteiger partial charge on any atom is -0.462 e. The number of ether oxygens (including phenoxy) is 1. The molecule has 1 saturated heterocycles. The van der Waals surface area contributed by atoms with E-state index in [2.05, 4.69) is 20.2 Å². The maximum atomic E-state index is 11.7. The number of carbonyl (C=O) groups excluding carboxylic acids is 1. The number of rotatable bonds is 7. The molecule has 29 heavy (non-hydrogen) atoms. The van der Waals surface area contributed by atoms with Gasteiger partial charge in [0.15, 0.2) is 0 Å². The van der Waals surface area contributed by atoms with Crippen molar-refractivity contribution in [3.63, 3.8) is 0 Å². The summed E-state index contributed by atoms with van der Waals surface area (Å²) in [5.41, 5.74) is 0.420. The number of nitrogens with one attached hydrogen (secondary N) is 1. The number of anilines is 1. The Balaban J connectivity index is 0.00000218. The van der Waals surface area contributed by atoms with Crippen LogP contribution in [0.2, 0.25) is 0 Å². The van der Waals surface area contributed by atoms with Gasteiger partial charge in [0, 0.05) is 26.9 Å². The minimum absolute atomic E-state index is 0. The highest BCUT2D eigenvalue weighted by atomic mass is 16.5. The van der Waals surface area contributed by atoms with Gasteiger partial charge in [-0.3, -0.25) is 0 Å². The fourth-order valence-corrected chi connectivity index (χ4v) is 6.48. The number of piperidine rings is 1. The van der Waals surface area contributed by atoms with Crippen LogP contribution in [0.15, 0.2) is 12.4 Å². The molecule has 3 aliphatic carbocycles. The molecule has 0 amide bonds. The SMILES string of the molecule is CCOC(=O)c1cnc(N2CCC(CNC[C@H]3CCC4CC5CC3C45)CC2)nc1.[HH]. The van der Waals surface area contributed by atoms with E-state index >= 15 is 0 Å². The zero-order chi connectivity index (χ0) is 19.8. The molecule has 2 heterocycles. The quantitative estimate of drug-likeness (QED) is 0.708. The Labute approximate surface area is 175 Å². The molecule has 0 spiro atoms. The molecule has 5 atom stereocenters. The number of aromatic nitrogens is 2. The van der Waals surface area contributed by atoms with Crippen LogP contribution in [-0.2, 0) is 4.74 Å². The highest BCUT2D eigenvalue weighted by molar-refractivity contribution is 5.88. The fourth-order valence-electron chi connectivity index (χ4n) is 6.48. The molecule has 1 aromatic rings. The lowest BCUT2D eigenvalue weighted by atomic mass is 9.41. The second-order valence-corrected chi connectivity index (χ2v) is 9.65. The van der Waals surface area contributed by atoms with Crippen LogP contribution in [0.1, 0.15) is 57.2 Å². The summed E-state index contributed by atoms with van der Waals surface area (Å²) < 4.78 is 4.99. The van der Waals surface area contributed by atoms with Crippen molar-refractivity contribution in [2.45, 2.75) is 45.4 Å². The van der Waals surface area contributed by atoms with Crippen molar-refractivity contribution in [3.05, 3.63) is 18.0 Å². The lowest BCUT2D eigenvalue weighted by Crippen LogP contribution is -2.58. The Morgan fingerprint density at radius 2 is 1.93 bits per heavy atom. The standard InChI is InChI=1S/C23H34N4O2.H2/c1-2-29-22(28)19-13-25-23(26-14-19)27-7-5-15(6-8-27)11-24-12-17-4-3-16-9-18-10-20(17)21(16)18;/h13-18,20-21,24H,2-12H2,1H3;1H/t16?,17-,18?,20?,21?;/m1./s1. The smallest absolute Gasteiger partial charge is 0.341 e. The van der Waals surface area contributed by atoms with Gasteiger partial charge >= 0.3 is 5.97 Å². The van der Waals surface area contributed by atoms with Gasteiger partial charge in [0.05, 0.1) is 12.2 Å². The van der Waals surface area contributed by atoms with E-state index in [9.17, 15) is 4.79 Å². The molecule has 1 N–H and O–H groups in total. The molecule has 0 aromatic carbocycles. The molecular weight excluding hydrogens is 364 g/mol. The Morgan fingerprint density at radius 1 is 1.14 bits per heavy atom. The predicted molar refractivity (Wildman–Crippen MR) is 114 cm³/mol. The van der Waals surface area contributed by atoms with Gasteiger partial charge in [-0.05, 0) is 94.0 Å². The summed E-state index contributed by atoms with van der Waals surface area (Å²) in [6.45, 7) is 6.53. The molecule has 1 aromatic heterocycles. The molecular formula is C23H36N4O2. The van der Waals surface area contributed by atoms with Gasteiger partial charge in [0.1, 0.15) is 0 Å². The van der Waals surface area contributed by atoms with Crippen molar-refractivity contribution in [2.24, 2.45) is 35.5 Å². The zero-order valence-electron chi connectivity index (χ0n) is 17.6. The van der Waals surface area contributed by atoms with E-state index < -0.39 is 0 Å². The van der Waals surface area contributed by atoms with Crippen LogP contribution in [-0.4, -0.2) is 48.7 Å². The Morgan fingerprint density at radius 3 is 2.66 bits per heavy atom. The van der Waals surface area contributed by atoms with Crippen LogP contribution in [0, 0.1) is 35.5 Å². The molecule has 4 fully saturated rings. The molecule has 5 rings (SSSR count). The molecule has 0 bridgehead atoms. The maximum Gasteiger partial charge on any atom is 0.341 e. The van der Waals surface area contributed by atoms with E-state index in [4.69, 9.17) is 4.74 Å². The predicted octanol–water partition coefficient (Wildman–Crippen LogP) is 3.39. The Bertz CT molecular complexity index is 722. The zero-order valence-corrected chi connectivity index (χ0v) is 17.6. The third-order valence-electron chi connectivity index (χ3n) is 8.16. The highest BCUT2D eigenvalue weighted by Gasteiger charge is 2.57. The molecule has 3 saturated carbocycles. The van der Waals surface area contributed by atoms with Crippen molar-refractivity contribution in [3.8, 4) is 0 Å². The Kier molecular flexibility index (Phi) is 5.46. The number of carbonyl (C=O) groups is 1. The third-order valence-corrected chi connectivity index (χ3v) is 8.16. The van der Waals surface area contributed by atoms with Crippen LogP contribution >= 0.6 is 0 Å². The summed E-state index contributed by atoms with van der Waals surface area (Å²) >= 11 is 0. The first-order valence-corrected chi connectivity index (χ1v) is 11.7. The lowest BCUT2D eigenvalue weighted by Gasteiger charge is -2.64. The van der Waals surface area contributed by atoms with Gasteiger partial charge in [-0.1, -0.05) is 0 Å². The van der Waals surface area contributed by atoms with Gasteiger partial charge in [-0.15, -0.1) is 0 Å². The number of hydrogen-bond acceptors (Lipinski definition) is 6. The van der Waals surface area contributed by atoms with Crippen molar-refractivity contribution in [1.29, 1.82) is 0 Å². The van der Waals surface area contributed by atoms with Gasteiger partial charge in [0.2, 0.25) is 5.95 Å². The van der Waals surface area contributed by atoms with Crippen LogP contribution in [0.3, 0.4) is 0 Å². The van der Waals surface area contributed by atoms with Crippen molar-refractivity contribution in [2.75, 3.05) is 37.7 Å². The van der Waals surface area contributed by atoms with Gasteiger partial charge in [0.25, 0.3) is 0 Å². The Hall–Kier alpha value is -1.69. The van der Waals surface area contributed by atoms with Gasteiger partial charge in [-0.25, -0.2) is 14.8 Å². The van der Waals surface area contributed by atoms with Crippen molar-refractivity contribution in [1.82, 2.24) is 15.3 Å². The van der Waals surface area contributed by atoms with E-state index in [1.807, 2.05) is 0 Å². The van der Waals surface area contributed by atoms with E-state index in [1.165, 1.54) is 38.6 Å². The largest absolute Gasteiger partial charge is 0.462 e. The summed E-state index contributed by atoms with van der Waals surface area (Å²) in [5, 5.41) is 3.82. The molecule has 0 radical (unpaired) electrons. The average molecular weight is 401 g/mol. The average Bonchev–Trinajstić information content (AvgIpc) is 2.72. The number of esters is 1. The summed E-state index contributed by atoms with van der Waals surface area (Å²) in [7, 11) is 0. The van der Waals surface area contributed by atoms with Crippen molar-refractivity contribution < 1.29 is 11.0 Å². The van der Waals surface area contributed by atoms with Crippen molar-refractivity contribution >= 4 is 11.9 Å². The van der Waals surface area contributed by atoms with E-state index in [0.717, 1.165) is 61.1 Å². The summed E-state index contributed by atoms with van der Waals surface area (Å²) in [5.74, 6) is 6.45. The fraction of sp³-hybridized carbons (Fsp3) is 0.783. The second kappa shape index (κ2) is 8.21. The first-order valence-electron chi connectivity index (χ1n) is 11.7. The molecule has 6 heteroatoms. The maximum absolute atomic E-state index is 11.7. The molecule has 4 unspecified atom stereocenters. The molecule has 160 valence electrons. The summed E-state index contributed by atoms with van der Waals surface area (Å²) in [6, 6.07) is 0. The highest BCUT2D eigenvalue weighted by Crippen LogP contribution is 2.64. The minimum atomic E-state index is -0.355. The topological polar surface area (TPSA) is 67.3 Å². The molecule has 1 aliphatic heterocycles. The van der Waals surface area contributed by atoms with Gasteiger partial charge in [-0.2, -0.15) is 0 Å². The van der Waals surface area contributed by atoms with E-state index in [-0.39, 0.29) is 7.40 Å². The summed E-state index contributed by atoms with van der Waals surface area (Å²) in [6.07, 6.45) is 11.6. The lowest BCUT2D eigenvalue weighted by molar-refractivity contribution is -0.147. The summed E-state index contributed by atoms with van der Waals surface area (Å²) in [4.78, 5) is 22.7. The van der Waals surface area contributed by atoms with Crippen LogP contribution in [0.4, 0.5) is 5.95 Å². The first-order chi connectivity index (χ1) is 14.2. The first kappa shape index (κ1) is 19.3. The number of hydrogen-bond donors (Lipinski definition) is 1. The van der Waals surface area contributed by atoms with E-state index in [1.54, 1.807) is 25.7 Å². The molecule has 6 nitrogen and oxygen atoms in total. The van der Waals surface area contributed by atoms with Crippen LogP contribution < -0.4 is 10.2 Å². The van der Waals surface area contributed by atoms with E-state index in [0.29, 0.717) is 12.2 Å². The van der Waals surface area contributed by atoms with Crippen LogP contribution in [0.25, 0.3) is 0 Å². The van der Waals surface area contributed by atoms with Gasteiger partial charge < -0.3 is 15.0 Å². The number of nitrogens with zero attached hydrogens (tertiary/aromatic N) is 3. The third kappa shape index (κ3) is 3.76. The second-order valence-electron chi connectivity index (χ2n) is 9.65. The monoisotopic (exact) mass is 400 g/mol. The van der Waals surface area contributed by atoms with Crippen LogP contribution in [0.5, 0.6) is 0 Å². The normalized spacial score (nSPS) is 33.4. The molecule has 4 aliphatic rings.